The summed E-state index contributed by atoms with van der Waals surface area (Å²) in [6, 6.07) is 0. The number of halogens is 1. The highest BCUT2D eigenvalue weighted by atomic mass is 79.9. The molecule has 0 aromatic rings. The number of carbonyl (C=O) groups is 4. The third-order valence-corrected chi connectivity index (χ3v) is 5.35. The number of ether oxygens (including phenoxy) is 2. The maximum absolute atomic E-state index is 12.4. The summed E-state index contributed by atoms with van der Waals surface area (Å²) in [6.45, 7) is 2.68. The fourth-order valence-corrected chi connectivity index (χ4v) is 3.83. The van der Waals surface area contributed by atoms with Crippen molar-refractivity contribution in [3.8, 4) is 0 Å². The number of carbonyl (C=O) groups excluding carboxylic acids is 4. The fourth-order valence-electron chi connectivity index (χ4n) is 2.93. The summed E-state index contributed by atoms with van der Waals surface area (Å²) in [6.07, 6.45) is -3.75. The minimum absolute atomic E-state index is 0.845. The lowest BCUT2D eigenvalue weighted by Gasteiger charge is -2.57. The van der Waals surface area contributed by atoms with Crippen molar-refractivity contribution in [2.75, 3.05) is 6.61 Å². The second-order valence-electron chi connectivity index (χ2n) is 5.59. The lowest BCUT2D eigenvalue weighted by molar-refractivity contribution is -0.300. The minimum atomic E-state index is -3.04. The summed E-state index contributed by atoms with van der Waals surface area (Å²) in [5, 5.41) is 30.6. The van der Waals surface area contributed by atoms with Gasteiger partial charge in [-0.2, -0.15) is 0 Å². The molecule has 0 radical (unpaired) electrons. The predicted octanol–water partition coefficient (Wildman–Crippen LogP) is -1.37. The van der Waals surface area contributed by atoms with Crippen LogP contribution in [0.15, 0.2) is 0 Å². The number of alkyl halides is 1. The molecule has 5 atom stereocenters. The zero-order chi connectivity index (χ0) is 19.1. The lowest BCUT2D eigenvalue weighted by Crippen LogP contribution is -2.84. The van der Waals surface area contributed by atoms with E-state index in [0.29, 0.717) is 0 Å². The van der Waals surface area contributed by atoms with Crippen molar-refractivity contribution in [1.82, 2.24) is 0 Å². The van der Waals surface area contributed by atoms with Crippen LogP contribution in [-0.2, 0) is 28.7 Å². The third kappa shape index (κ3) is 2.53. The molecule has 10 heteroatoms. The first-order valence-corrected chi connectivity index (χ1v) is 7.72. The quantitative estimate of drug-likeness (QED) is 0.368. The van der Waals surface area contributed by atoms with Gasteiger partial charge >= 0.3 is 5.97 Å². The van der Waals surface area contributed by atoms with Gasteiger partial charge in [-0.05, 0) is 36.7 Å². The van der Waals surface area contributed by atoms with Crippen molar-refractivity contribution in [2.24, 2.45) is 0 Å². The van der Waals surface area contributed by atoms with Crippen LogP contribution < -0.4 is 0 Å². The van der Waals surface area contributed by atoms with E-state index in [2.05, 4.69) is 15.9 Å². The summed E-state index contributed by atoms with van der Waals surface area (Å²) in [7, 11) is 0. The molecule has 1 heterocycles. The van der Waals surface area contributed by atoms with Gasteiger partial charge in [-0.3, -0.25) is 19.2 Å². The second-order valence-corrected chi connectivity index (χ2v) is 6.71. The Morgan fingerprint density at radius 1 is 1.08 bits per heavy atom. The normalized spacial score (nSPS) is 39.2. The number of aliphatic hydroxyl groups is 3. The molecule has 0 saturated carbocycles. The van der Waals surface area contributed by atoms with Crippen molar-refractivity contribution in [3.63, 3.8) is 0 Å². The third-order valence-electron chi connectivity index (χ3n) is 4.05. The monoisotopic (exact) mass is 410 g/mol. The molecule has 1 aliphatic heterocycles. The second kappa shape index (κ2) is 6.60. The molecule has 0 amide bonds. The van der Waals surface area contributed by atoms with Crippen LogP contribution >= 0.6 is 15.9 Å². The standard InChI is InChI=1S/C14H19BrO9/c1-6(17)12(22)11(21)10(5-16)24-14(15,8(3)19)13(12,7(2)18)23-9(4)20/h10-11,16,21-22H,5H2,1-4H3/t10-,11-,12+,13+,14?/m1/s1. The zero-order valence-corrected chi connectivity index (χ0v) is 15.1. The Morgan fingerprint density at radius 2 is 1.58 bits per heavy atom. The molecular weight excluding hydrogens is 392 g/mol. The van der Waals surface area contributed by atoms with Gasteiger partial charge in [0.25, 0.3) is 5.60 Å². The number of aliphatic hydroxyl groups excluding tert-OH is 2. The van der Waals surface area contributed by atoms with Crippen molar-refractivity contribution < 1.29 is 44.0 Å². The highest BCUT2D eigenvalue weighted by Crippen LogP contribution is 2.52. The van der Waals surface area contributed by atoms with Crippen molar-refractivity contribution in [2.45, 2.75) is 55.6 Å². The highest BCUT2D eigenvalue weighted by molar-refractivity contribution is 9.10. The van der Waals surface area contributed by atoms with Gasteiger partial charge in [0.05, 0.1) is 6.61 Å². The van der Waals surface area contributed by atoms with E-state index in [1.807, 2.05) is 0 Å². The molecule has 3 N–H and O–H groups in total. The molecule has 136 valence electrons. The van der Waals surface area contributed by atoms with Gasteiger partial charge in [0.15, 0.2) is 17.3 Å². The summed E-state index contributed by atoms with van der Waals surface area (Å²) in [4.78, 5) is 48.4. The fraction of sp³-hybridized carbons (Fsp3) is 0.714. The molecule has 1 aliphatic rings. The molecule has 1 saturated heterocycles. The van der Waals surface area contributed by atoms with Crippen LogP contribution in [0.2, 0.25) is 0 Å². The Labute approximate surface area is 146 Å². The van der Waals surface area contributed by atoms with Crippen LogP contribution in [-0.4, -0.2) is 73.2 Å². The van der Waals surface area contributed by atoms with E-state index in [1.165, 1.54) is 0 Å². The van der Waals surface area contributed by atoms with Gasteiger partial charge < -0.3 is 24.8 Å². The van der Waals surface area contributed by atoms with E-state index in [-0.39, 0.29) is 0 Å². The molecule has 1 rings (SSSR count). The molecule has 0 aliphatic carbocycles. The number of esters is 1. The predicted molar refractivity (Wildman–Crippen MR) is 81.1 cm³/mol. The Morgan fingerprint density at radius 3 is 1.88 bits per heavy atom. The average molecular weight is 411 g/mol. The van der Waals surface area contributed by atoms with E-state index >= 15 is 0 Å². The van der Waals surface area contributed by atoms with E-state index in [4.69, 9.17) is 9.47 Å². The van der Waals surface area contributed by atoms with Crippen LogP contribution in [0.25, 0.3) is 0 Å². The maximum Gasteiger partial charge on any atom is 0.303 e. The van der Waals surface area contributed by atoms with E-state index in [0.717, 1.165) is 27.7 Å². The largest absolute Gasteiger partial charge is 0.443 e. The topological polar surface area (TPSA) is 147 Å². The first-order valence-electron chi connectivity index (χ1n) is 6.93. The lowest BCUT2D eigenvalue weighted by atomic mass is 9.66. The molecular formula is C14H19BrO9. The minimum Gasteiger partial charge on any atom is -0.443 e. The van der Waals surface area contributed by atoms with Gasteiger partial charge in [0.2, 0.25) is 10.1 Å². The summed E-state index contributed by atoms with van der Waals surface area (Å²) in [5.41, 5.74) is -5.93. The molecule has 0 aromatic carbocycles. The van der Waals surface area contributed by atoms with Crippen LogP contribution in [0.4, 0.5) is 0 Å². The first-order chi connectivity index (χ1) is 10.8. The molecule has 1 unspecified atom stereocenters. The Hall–Kier alpha value is -1.20. The summed E-state index contributed by atoms with van der Waals surface area (Å²) in [5.74, 6) is -4.30. The van der Waals surface area contributed by atoms with Gasteiger partial charge in [0.1, 0.15) is 12.2 Å². The van der Waals surface area contributed by atoms with E-state index in [1.54, 1.807) is 0 Å². The number of hydrogen-bond acceptors (Lipinski definition) is 9. The molecule has 0 aromatic heterocycles. The summed E-state index contributed by atoms with van der Waals surface area (Å²) < 4.78 is 7.75. The smallest absolute Gasteiger partial charge is 0.303 e. The Balaban J connectivity index is 3.94. The van der Waals surface area contributed by atoms with Gasteiger partial charge in [-0.15, -0.1) is 0 Å². The first kappa shape index (κ1) is 20.8. The van der Waals surface area contributed by atoms with Crippen LogP contribution in [0.5, 0.6) is 0 Å². The van der Waals surface area contributed by atoms with Crippen molar-refractivity contribution >= 4 is 39.2 Å². The summed E-state index contributed by atoms with van der Waals surface area (Å²) >= 11 is 2.86. The van der Waals surface area contributed by atoms with Crippen LogP contribution in [0.3, 0.4) is 0 Å². The Bertz CT molecular complexity index is 591. The highest BCUT2D eigenvalue weighted by Gasteiger charge is 2.79. The molecule has 1 fully saturated rings. The molecule has 0 spiro atoms. The van der Waals surface area contributed by atoms with Crippen molar-refractivity contribution in [3.05, 3.63) is 0 Å². The number of rotatable bonds is 5. The molecule has 9 nitrogen and oxygen atoms in total. The molecule has 24 heavy (non-hydrogen) atoms. The van der Waals surface area contributed by atoms with Crippen LogP contribution in [0, 0.1) is 0 Å². The molecule has 0 bridgehead atoms. The SMILES string of the molecule is CC(=O)O[C@]1(C(C)=O)C(Br)(C(C)=O)O[C@H](CO)[C@@H](O)[C@@]1(O)C(C)=O. The van der Waals surface area contributed by atoms with Gasteiger partial charge in [0, 0.05) is 6.92 Å². The zero-order valence-electron chi connectivity index (χ0n) is 13.5. The number of ketones is 3. The van der Waals surface area contributed by atoms with Gasteiger partial charge in [-0.1, -0.05) is 0 Å². The maximum atomic E-state index is 12.4. The van der Waals surface area contributed by atoms with E-state index < -0.39 is 57.8 Å². The number of hydrogen-bond donors (Lipinski definition) is 3. The average Bonchev–Trinajstić information content (AvgIpc) is 2.46. The Kier molecular flexibility index (Phi) is 5.73. The van der Waals surface area contributed by atoms with Crippen LogP contribution in [0.1, 0.15) is 27.7 Å². The van der Waals surface area contributed by atoms with Crippen molar-refractivity contribution in [1.29, 1.82) is 0 Å². The van der Waals surface area contributed by atoms with Gasteiger partial charge in [-0.25, -0.2) is 0 Å². The van der Waals surface area contributed by atoms with E-state index in [9.17, 15) is 34.5 Å². The number of Topliss-reactive ketones (excluding diaryl/α,β-unsaturated/α-hetero) is 3.